The van der Waals surface area contributed by atoms with Crippen molar-refractivity contribution in [3.05, 3.63) is 63.2 Å². The van der Waals surface area contributed by atoms with Gasteiger partial charge in [-0.25, -0.2) is 8.42 Å². The first-order chi connectivity index (χ1) is 15.1. The van der Waals surface area contributed by atoms with Crippen LogP contribution in [0.25, 0.3) is 0 Å². The molecule has 1 heterocycles. The zero-order chi connectivity index (χ0) is 23.5. The predicted octanol–water partition coefficient (Wildman–Crippen LogP) is 2.82. The molecule has 0 atom stereocenters. The van der Waals surface area contributed by atoms with Crippen LogP contribution in [0.3, 0.4) is 0 Å². The standard InChI is InChI=1S/C22H27N3O6S/c1-16-4-5-17(2)20(14-16)31-13-8-22(26)23-9-11-24(12-10-23)32(29,30)21-15-19(25(27)28)7-6-18(21)3/h4-7,14-15H,8-13H2,1-3H3. The van der Waals surface area contributed by atoms with Crippen LogP contribution in [0.5, 0.6) is 5.75 Å². The van der Waals surface area contributed by atoms with Crippen molar-refractivity contribution >= 4 is 21.6 Å². The van der Waals surface area contributed by atoms with Crippen molar-refractivity contribution in [2.75, 3.05) is 32.8 Å². The summed E-state index contributed by atoms with van der Waals surface area (Å²) in [5.74, 6) is 0.653. The lowest BCUT2D eigenvalue weighted by atomic mass is 10.1. The molecule has 0 unspecified atom stereocenters. The summed E-state index contributed by atoms with van der Waals surface area (Å²) in [5, 5.41) is 11.0. The number of hydrogen-bond acceptors (Lipinski definition) is 6. The molecule has 0 aromatic heterocycles. The maximum absolute atomic E-state index is 13.0. The first-order valence-electron chi connectivity index (χ1n) is 10.3. The van der Waals surface area contributed by atoms with Crippen molar-refractivity contribution in [2.45, 2.75) is 32.1 Å². The number of nitro benzene ring substituents is 1. The first-order valence-corrected chi connectivity index (χ1v) is 11.8. The van der Waals surface area contributed by atoms with E-state index in [0.29, 0.717) is 5.56 Å². The first kappa shape index (κ1) is 23.7. The fraction of sp³-hybridized carbons (Fsp3) is 0.409. The van der Waals surface area contributed by atoms with Crippen LogP contribution < -0.4 is 4.74 Å². The van der Waals surface area contributed by atoms with Gasteiger partial charge >= 0.3 is 0 Å². The number of sulfonamides is 1. The van der Waals surface area contributed by atoms with E-state index in [-0.39, 0.29) is 55.7 Å². The zero-order valence-corrected chi connectivity index (χ0v) is 19.2. The Bertz CT molecular complexity index is 1120. The highest BCUT2D eigenvalue weighted by Gasteiger charge is 2.32. The third kappa shape index (κ3) is 5.25. The van der Waals surface area contributed by atoms with Crippen LogP contribution in [0.15, 0.2) is 41.3 Å². The van der Waals surface area contributed by atoms with Crippen molar-refractivity contribution in [3.8, 4) is 5.75 Å². The van der Waals surface area contributed by atoms with Gasteiger partial charge in [0.15, 0.2) is 0 Å². The number of amides is 1. The Morgan fingerprint density at radius 2 is 1.69 bits per heavy atom. The van der Waals surface area contributed by atoms with Crippen LogP contribution in [0, 0.1) is 30.9 Å². The van der Waals surface area contributed by atoms with Gasteiger partial charge in [-0.1, -0.05) is 18.2 Å². The molecule has 9 nitrogen and oxygen atoms in total. The average molecular weight is 462 g/mol. The number of nitro groups is 1. The SMILES string of the molecule is Cc1ccc(C)c(OCCC(=O)N2CCN(S(=O)(=O)c3cc([N+](=O)[O-])ccc3C)CC2)c1. The second-order valence-corrected chi connectivity index (χ2v) is 9.77. The van der Waals surface area contributed by atoms with Crippen LogP contribution >= 0.6 is 0 Å². The fourth-order valence-corrected chi connectivity index (χ4v) is 5.23. The molecule has 172 valence electrons. The molecule has 2 aromatic rings. The van der Waals surface area contributed by atoms with Crippen LogP contribution in [0.2, 0.25) is 0 Å². The van der Waals surface area contributed by atoms with Crippen molar-refractivity contribution in [1.29, 1.82) is 0 Å². The van der Waals surface area contributed by atoms with Crippen LogP contribution in [0.4, 0.5) is 5.69 Å². The molecule has 0 aliphatic carbocycles. The Hall–Kier alpha value is -2.98. The summed E-state index contributed by atoms with van der Waals surface area (Å²) in [4.78, 5) is 24.5. The second kappa shape index (κ2) is 9.66. The maximum Gasteiger partial charge on any atom is 0.270 e. The number of aryl methyl sites for hydroxylation is 3. The Kier molecular flexibility index (Phi) is 7.15. The largest absolute Gasteiger partial charge is 0.493 e. The van der Waals surface area contributed by atoms with Crippen LogP contribution in [-0.2, 0) is 14.8 Å². The molecule has 0 saturated carbocycles. The summed E-state index contributed by atoms with van der Waals surface area (Å²) in [6.07, 6.45) is 0.199. The Labute approximate surface area is 187 Å². The molecule has 1 saturated heterocycles. The van der Waals surface area contributed by atoms with E-state index in [1.54, 1.807) is 11.8 Å². The molecule has 1 aliphatic rings. The molecule has 1 amide bonds. The summed E-state index contributed by atoms with van der Waals surface area (Å²) in [7, 11) is -3.89. The molecular weight excluding hydrogens is 434 g/mol. The lowest BCUT2D eigenvalue weighted by Gasteiger charge is -2.34. The smallest absolute Gasteiger partial charge is 0.270 e. The molecule has 2 aromatic carbocycles. The quantitative estimate of drug-likeness (QED) is 0.463. The molecule has 3 rings (SSSR count). The number of nitrogens with zero attached hydrogens (tertiary/aromatic N) is 3. The minimum Gasteiger partial charge on any atom is -0.493 e. The summed E-state index contributed by atoms with van der Waals surface area (Å²) < 4.78 is 33.1. The molecule has 1 aliphatic heterocycles. The van der Waals surface area contributed by atoms with Gasteiger partial charge in [-0.2, -0.15) is 4.31 Å². The van der Waals surface area contributed by atoms with Crippen molar-refractivity contribution in [1.82, 2.24) is 9.21 Å². The molecular formula is C22H27N3O6S. The van der Waals surface area contributed by atoms with Gasteiger partial charge in [-0.15, -0.1) is 0 Å². The molecule has 0 radical (unpaired) electrons. The monoisotopic (exact) mass is 461 g/mol. The third-order valence-corrected chi connectivity index (χ3v) is 7.55. The topological polar surface area (TPSA) is 110 Å². The Balaban J connectivity index is 1.57. The van der Waals surface area contributed by atoms with Crippen molar-refractivity contribution in [2.24, 2.45) is 0 Å². The van der Waals surface area contributed by atoms with E-state index in [2.05, 4.69) is 0 Å². The number of ether oxygens (including phenoxy) is 1. The second-order valence-electron chi connectivity index (χ2n) is 7.86. The number of carbonyl (C=O) groups is 1. The zero-order valence-electron chi connectivity index (χ0n) is 18.4. The molecule has 32 heavy (non-hydrogen) atoms. The normalized spacial score (nSPS) is 14.9. The van der Waals surface area contributed by atoms with Crippen LogP contribution in [-0.4, -0.2) is 61.2 Å². The van der Waals surface area contributed by atoms with Gasteiger partial charge in [0.25, 0.3) is 5.69 Å². The maximum atomic E-state index is 13.0. The molecule has 0 N–H and O–H groups in total. The summed E-state index contributed by atoms with van der Waals surface area (Å²) in [5.41, 5.74) is 2.25. The predicted molar refractivity (Wildman–Crippen MR) is 119 cm³/mol. The van der Waals surface area contributed by atoms with E-state index in [4.69, 9.17) is 4.74 Å². The number of benzene rings is 2. The number of non-ortho nitro benzene ring substituents is 1. The van der Waals surface area contributed by atoms with Gasteiger partial charge in [0.2, 0.25) is 15.9 Å². The highest BCUT2D eigenvalue weighted by atomic mass is 32.2. The number of piperazine rings is 1. The number of carbonyl (C=O) groups excluding carboxylic acids is 1. The Morgan fingerprint density at radius 3 is 2.34 bits per heavy atom. The summed E-state index contributed by atoms with van der Waals surface area (Å²) in [6, 6.07) is 9.70. The van der Waals surface area contributed by atoms with E-state index in [1.165, 1.54) is 16.4 Å². The van der Waals surface area contributed by atoms with Crippen molar-refractivity contribution < 1.29 is 22.9 Å². The van der Waals surface area contributed by atoms with E-state index in [1.807, 2.05) is 32.0 Å². The summed E-state index contributed by atoms with van der Waals surface area (Å²) in [6.45, 7) is 6.55. The lowest BCUT2D eigenvalue weighted by molar-refractivity contribution is -0.385. The van der Waals surface area contributed by atoms with E-state index in [9.17, 15) is 23.3 Å². The van der Waals surface area contributed by atoms with E-state index >= 15 is 0 Å². The van der Waals surface area contributed by atoms with Gasteiger partial charge in [0.1, 0.15) is 5.75 Å². The highest BCUT2D eigenvalue weighted by Crippen LogP contribution is 2.26. The molecule has 0 spiro atoms. The molecule has 0 bridgehead atoms. The minimum atomic E-state index is -3.89. The number of hydrogen-bond donors (Lipinski definition) is 0. The van der Waals surface area contributed by atoms with Gasteiger partial charge in [0, 0.05) is 38.3 Å². The summed E-state index contributed by atoms with van der Waals surface area (Å²) >= 11 is 0. The lowest BCUT2D eigenvalue weighted by Crippen LogP contribution is -2.50. The highest BCUT2D eigenvalue weighted by molar-refractivity contribution is 7.89. The molecule has 10 heteroatoms. The average Bonchev–Trinajstić information content (AvgIpc) is 2.76. The van der Waals surface area contributed by atoms with Gasteiger partial charge in [-0.05, 0) is 43.5 Å². The van der Waals surface area contributed by atoms with Gasteiger partial charge < -0.3 is 9.64 Å². The van der Waals surface area contributed by atoms with E-state index < -0.39 is 14.9 Å². The van der Waals surface area contributed by atoms with Gasteiger partial charge in [0.05, 0.1) is 22.8 Å². The minimum absolute atomic E-state index is 0.0756. The van der Waals surface area contributed by atoms with Gasteiger partial charge in [-0.3, -0.25) is 14.9 Å². The Morgan fingerprint density at radius 1 is 1.03 bits per heavy atom. The van der Waals surface area contributed by atoms with E-state index in [0.717, 1.165) is 22.9 Å². The third-order valence-electron chi connectivity index (χ3n) is 5.51. The molecule has 1 fully saturated rings. The number of rotatable bonds is 7. The fourth-order valence-electron chi connectivity index (χ4n) is 3.57. The van der Waals surface area contributed by atoms with Crippen LogP contribution in [0.1, 0.15) is 23.1 Å². The van der Waals surface area contributed by atoms with Crippen molar-refractivity contribution in [3.63, 3.8) is 0 Å².